The molecule has 3 heteroatoms. The fourth-order valence-electron chi connectivity index (χ4n) is 13.7. The number of rotatable bonds is 24. The highest BCUT2D eigenvalue weighted by Gasteiger charge is 2.39. The van der Waals surface area contributed by atoms with Gasteiger partial charge in [-0.25, -0.2) is 0 Å². The van der Waals surface area contributed by atoms with Crippen molar-refractivity contribution in [1.29, 1.82) is 0 Å². The zero-order chi connectivity index (χ0) is 52.3. The third-order valence-electron chi connectivity index (χ3n) is 18.6. The van der Waals surface area contributed by atoms with E-state index in [9.17, 15) is 0 Å². The molecule has 392 valence electrons. The Morgan fingerprint density at radius 1 is 0.312 bits per heavy atom. The first-order valence-electron chi connectivity index (χ1n) is 29.3. The average Bonchev–Trinajstić information content (AvgIpc) is 3.48. The summed E-state index contributed by atoms with van der Waals surface area (Å²) >= 11 is 0. The highest BCUT2D eigenvalue weighted by atomic mass is 16.5. The molecule has 4 unspecified atom stereocenters. The predicted molar refractivity (Wildman–Crippen MR) is 316 cm³/mol. The van der Waals surface area contributed by atoms with Gasteiger partial charge in [0.15, 0.2) is 0 Å². The van der Waals surface area contributed by atoms with Crippen LogP contribution in [0.25, 0.3) is 0 Å². The molecule has 0 bridgehead atoms. The average molecular weight is 1020 g/mol. The molecule has 0 saturated heterocycles. The van der Waals surface area contributed by atoms with Gasteiger partial charge in [-0.15, -0.1) is 0 Å². The maximum Gasteiger partial charge on any atom is 0.0864 e. The number of ether oxygens (including phenoxy) is 3. The number of hydrogen-bond acceptors (Lipinski definition) is 3. The van der Waals surface area contributed by atoms with Gasteiger partial charge in [0.25, 0.3) is 0 Å². The van der Waals surface area contributed by atoms with E-state index in [1.54, 1.807) is 11.1 Å². The van der Waals surface area contributed by atoms with E-state index in [4.69, 9.17) is 14.2 Å². The van der Waals surface area contributed by atoms with Crippen LogP contribution >= 0.6 is 0 Å². The lowest BCUT2D eigenvalue weighted by Gasteiger charge is -2.37. The first-order valence-corrected chi connectivity index (χ1v) is 29.3. The molecule has 0 heterocycles. The molecule has 8 aromatic rings. The summed E-state index contributed by atoms with van der Waals surface area (Å²) in [6.07, 6.45) is 19.4. The quantitative estimate of drug-likeness (QED) is 0.0565. The molecule has 8 aromatic carbocycles. The molecular formula is C74H78O3. The molecule has 3 nitrogen and oxygen atoms in total. The summed E-state index contributed by atoms with van der Waals surface area (Å²) in [6, 6.07) is 67.3. The van der Waals surface area contributed by atoms with Crippen molar-refractivity contribution in [3.05, 3.63) is 281 Å². The maximum atomic E-state index is 5.72. The van der Waals surface area contributed by atoms with Gasteiger partial charge in [-0.05, 0) is 207 Å². The molecule has 12 rings (SSSR count). The Labute approximate surface area is 460 Å². The summed E-state index contributed by atoms with van der Waals surface area (Å²) < 4.78 is 17.1. The summed E-state index contributed by atoms with van der Waals surface area (Å²) in [7, 11) is 5.49. The zero-order valence-electron chi connectivity index (χ0n) is 46.2. The monoisotopic (exact) mass is 1010 g/mol. The second kappa shape index (κ2) is 22.9. The predicted octanol–water partition coefficient (Wildman–Crippen LogP) is 16.6. The second-order valence-electron chi connectivity index (χ2n) is 23.2. The van der Waals surface area contributed by atoms with E-state index in [0.717, 1.165) is 102 Å². The lowest BCUT2D eigenvalue weighted by Crippen LogP contribution is -2.31. The number of aryl methyl sites for hydroxylation is 8. The fourth-order valence-corrected chi connectivity index (χ4v) is 13.7. The molecule has 0 aliphatic heterocycles. The molecular weight excluding hydrogens is 937 g/mol. The van der Waals surface area contributed by atoms with Crippen LogP contribution in [0.1, 0.15) is 175 Å². The molecule has 0 fully saturated rings. The van der Waals surface area contributed by atoms with E-state index in [0.29, 0.717) is 0 Å². The molecule has 0 aromatic heterocycles. The largest absolute Gasteiger partial charge is 0.376 e. The lowest BCUT2D eigenvalue weighted by atomic mass is 9.64. The van der Waals surface area contributed by atoms with Crippen molar-refractivity contribution >= 4 is 0 Å². The van der Waals surface area contributed by atoms with Crippen LogP contribution in [0.15, 0.2) is 170 Å². The number of fused-ring (bicyclic) bond motifs is 4. The van der Waals surface area contributed by atoms with E-state index in [2.05, 4.69) is 177 Å². The van der Waals surface area contributed by atoms with Crippen LogP contribution < -0.4 is 0 Å². The normalized spacial score (nSPS) is 18.3. The van der Waals surface area contributed by atoms with Crippen LogP contribution in [-0.4, -0.2) is 21.3 Å². The van der Waals surface area contributed by atoms with E-state index in [1.807, 2.05) is 21.3 Å². The molecule has 77 heavy (non-hydrogen) atoms. The third-order valence-corrected chi connectivity index (χ3v) is 18.6. The first kappa shape index (κ1) is 51.4. The van der Waals surface area contributed by atoms with Crippen LogP contribution in [0.3, 0.4) is 0 Å². The Morgan fingerprint density at radius 2 is 0.610 bits per heavy atom. The Kier molecular flexibility index (Phi) is 15.3. The fraction of sp³-hybridized carbons (Fsp3) is 0.351. The minimum absolute atomic E-state index is 0.257. The van der Waals surface area contributed by atoms with Gasteiger partial charge in [-0.3, -0.25) is 0 Å². The van der Waals surface area contributed by atoms with Gasteiger partial charge in [0.2, 0.25) is 0 Å². The smallest absolute Gasteiger partial charge is 0.0864 e. The van der Waals surface area contributed by atoms with Gasteiger partial charge < -0.3 is 14.2 Å². The van der Waals surface area contributed by atoms with Crippen LogP contribution in [0.5, 0.6) is 0 Å². The highest BCUT2D eigenvalue weighted by molar-refractivity contribution is 5.61. The number of methoxy groups -OCH3 is 3. The minimum Gasteiger partial charge on any atom is -0.376 e. The Balaban J connectivity index is 0.831. The van der Waals surface area contributed by atoms with Crippen LogP contribution in [0.4, 0.5) is 0 Å². The van der Waals surface area contributed by atoms with Crippen LogP contribution in [-0.2, 0) is 96.7 Å². The van der Waals surface area contributed by atoms with Gasteiger partial charge in [0, 0.05) is 40.6 Å². The maximum absolute atomic E-state index is 5.72. The van der Waals surface area contributed by atoms with Gasteiger partial charge in [0.1, 0.15) is 0 Å². The van der Waals surface area contributed by atoms with E-state index >= 15 is 0 Å². The number of hydrogen-bond donors (Lipinski definition) is 0. The molecule has 4 aliphatic rings. The van der Waals surface area contributed by atoms with Crippen molar-refractivity contribution in [1.82, 2.24) is 0 Å². The zero-order valence-corrected chi connectivity index (χ0v) is 46.2. The SMILES string of the molecule is CCC1Cc2ccc(CCCc3ccc(C(c4ccc(CCCc5ccc6c(c5)CC6OC)cc4)(c4ccc(CCCc5ccc6c(c5)C(OC)C6)cc4)c4ccc(CCCc5ccc6c(c5)C(OC)C6)cc4)cc3)cc21. The van der Waals surface area contributed by atoms with Crippen molar-refractivity contribution in [2.75, 3.05) is 21.3 Å². The van der Waals surface area contributed by atoms with E-state index < -0.39 is 5.41 Å². The van der Waals surface area contributed by atoms with Crippen molar-refractivity contribution in [3.63, 3.8) is 0 Å². The molecule has 0 saturated carbocycles. The van der Waals surface area contributed by atoms with Crippen LogP contribution in [0.2, 0.25) is 0 Å². The molecule has 0 radical (unpaired) electrons. The molecule has 0 spiro atoms. The third kappa shape index (κ3) is 10.6. The Hall–Kier alpha value is -6.36. The summed E-state index contributed by atoms with van der Waals surface area (Å²) in [6.45, 7) is 2.33. The topological polar surface area (TPSA) is 27.7 Å². The summed E-state index contributed by atoms with van der Waals surface area (Å²) in [5.74, 6) is 0.753. The molecule has 0 amide bonds. The van der Waals surface area contributed by atoms with E-state index in [-0.39, 0.29) is 18.3 Å². The molecule has 0 N–H and O–H groups in total. The van der Waals surface area contributed by atoms with Gasteiger partial charge >= 0.3 is 0 Å². The minimum atomic E-state index is -0.532. The highest BCUT2D eigenvalue weighted by Crippen LogP contribution is 2.47. The van der Waals surface area contributed by atoms with Crippen molar-refractivity contribution in [2.45, 2.75) is 146 Å². The van der Waals surface area contributed by atoms with Crippen molar-refractivity contribution in [3.8, 4) is 0 Å². The summed E-state index contributed by atoms with van der Waals surface area (Å²) in [4.78, 5) is 0. The first-order chi connectivity index (χ1) is 37.9. The summed E-state index contributed by atoms with van der Waals surface area (Å²) in [5.41, 5.74) is 27.6. The number of benzene rings is 8. The van der Waals surface area contributed by atoms with Crippen LogP contribution in [0, 0.1) is 0 Å². The molecule has 4 aliphatic carbocycles. The van der Waals surface area contributed by atoms with E-state index in [1.165, 1.54) is 113 Å². The van der Waals surface area contributed by atoms with Gasteiger partial charge in [-0.1, -0.05) is 177 Å². The van der Waals surface area contributed by atoms with Crippen molar-refractivity contribution < 1.29 is 14.2 Å². The van der Waals surface area contributed by atoms with Crippen molar-refractivity contribution in [2.24, 2.45) is 0 Å². The second-order valence-corrected chi connectivity index (χ2v) is 23.2. The standard InChI is InChI=1S/C74H78O3/c1-5-58-46-59-30-18-55(43-68(58)59)15-7-11-51-23-35-64(36-24-51)74(63-33-21-50(22-34-63)10-6-14-54-29-41-67-62(42-54)49-71(67)75-2,65-37-25-52(26-38-65)12-8-16-56-19-31-60-47-72(76-3)69(60)44-56)66-39-27-53(28-40-66)13-9-17-57-20-32-61-48-73(77-4)70(61)45-57/h18-45,58,71-73H,5-17,46-49H2,1-4H3. The van der Waals surface area contributed by atoms with Gasteiger partial charge in [0.05, 0.1) is 23.7 Å². The lowest BCUT2D eigenvalue weighted by molar-refractivity contribution is 0.0843. The summed E-state index contributed by atoms with van der Waals surface area (Å²) in [5, 5.41) is 0. The Morgan fingerprint density at radius 3 is 0.974 bits per heavy atom. The molecule has 4 atom stereocenters. The Bertz CT molecular complexity index is 3040. The van der Waals surface area contributed by atoms with Gasteiger partial charge in [-0.2, -0.15) is 0 Å².